The van der Waals surface area contributed by atoms with Crippen LogP contribution < -0.4 is 10.2 Å². The molecular formula is C17H25N7OS. The normalized spacial score (nSPS) is 14.5. The third-order valence-electron chi connectivity index (χ3n) is 4.56. The smallest absolute Gasteiger partial charge is 0.246 e. The van der Waals surface area contributed by atoms with Crippen molar-refractivity contribution >= 4 is 29.6 Å². The van der Waals surface area contributed by atoms with Crippen LogP contribution in [0.25, 0.3) is 0 Å². The molecule has 2 N–H and O–H groups in total. The third-order valence-corrected chi connectivity index (χ3v) is 5.10. The van der Waals surface area contributed by atoms with Crippen molar-refractivity contribution in [3.8, 4) is 0 Å². The molecule has 2 aromatic heterocycles. The van der Waals surface area contributed by atoms with E-state index in [2.05, 4.69) is 35.4 Å². The molecule has 1 aliphatic rings. The third kappa shape index (κ3) is 4.51. The number of thioether (sulfide) groups is 1. The van der Waals surface area contributed by atoms with Crippen LogP contribution in [0.3, 0.4) is 0 Å². The predicted molar refractivity (Wildman–Crippen MR) is 103 cm³/mol. The molecule has 8 nitrogen and oxygen atoms in total. The highest BCUT2D eigenvalue weighted by atomic mass is 32.2. The number of aromatic amines is 1. The van der Waals surface area contributed by atoms with Gasteiger partial charge in [-0.1, -0.05) is 11.8 Å². The summed E-state index contributed by atoms with van der Waals surface area (Å²) in [5.74, 6) is 0.963. The number of nitrogens with zero attached hydrogens (tertiary/aromatic N) is 5. The minimum absolute atomic E-state index is 0.0981. The highest BCUT2D eigenvalue weighted by molar-refractivity contribution is 7.98. The van der Waals surface area contributed by atoms with E-state index in [1.807, 2.05) is 20.1 Å². The Morgan fingerprint density at radius 3 is 2.50 bits per heavy atom. The minimum Gasteiger partial charge on any atom is -0.340 e. The van der Waals surface area contributed by atoms with Gasteiger partial charge in [-0.05, 0) is 51.3 Å². The first-order valence-electron chi connectivity index (χ1n) is 8.92. The zero-order valence-electron chi connectivity index (χ0n) is 15.5. The number of aryl methyl sites for hydroxylation is 2. The number of H-pyrrole nitrogens is 1. The first-order chi connectivity index (χ1) is 12.6. The number of carbonyl (C=O) groups is 1. The maximum Gasteiger partial charge on any atom is 0.246 e. The molecule has 0 radical (unpaired) electrons. The monoisotopic (exact) mass is 375 g/mol. The Morgan fingerprint density at radius 2 is 1.85 bits per heavy atom. The number of nitrogens with one attached hydrogen (secondary N) is 2. The fraction of sp³-hybridized carbons (Fsp3) is 0.588. The topological polar surface area (TPSA) is 99.7 Å². The molecule has 0 unspecified atom stereocenters. The van der Waals surface area contributed by atoms with E-state index in [4.69, 9.17) is 0 Å². The molecule has 0 saturated carbocycles. The van der Waals surface area contributed by atoms with Crippen molar-refractivity contribution in [2.45, 2.75) is 51.1 Å². The number of amides is 1. The summed E-state index contributed by atoms with van der Waals surface area (Å²) < 4.78 is 0. The van der Waals surface area contributed by atoms with Crippen LogP contribution in [0.2, 0.25) is 0 Å². The molecule has 9 heteroatoms. The van der Waals surface area contributed by atoms with Gasteiger partial charge in [-0.15, -0.1) is 5.10 Å². The van der Waals surface area contributed by atoms with Gasteiger partial charge in [-0.2, -0.15) is 4.98 Å². The van der Waals surface area contributed by atoms with E-state index in [1.165, 1.54) is 18.2 Å². The number of rotatable bonds is 6. The zero-order chi connectivity index (χ0) is 18.5. The largest absolute Gasteiger partial charge is 0.340 e. The number of anilines is 2. The van der Waals surface area contributed by atoms with Crippen LogP contribution >= 0.6 is 11.8 Å². The maximum atomic E-state index is 12.3. The number of aromatic nitrogens is 5. The number of carbonyl (C=O) groups excluding carboxylic acids is 1. The average molecular weight is 376 g/mol. The lowest BCUT2D eigenvalue weighted by molar-refractivity contribution is -0.116. The van der Waals surface area contributed by atoms with E-state index in [0.29, 0.717) is 24.7 Å². The van der Waals surface area contributed by atoms with Crippen molar-refractivity contribution in [1.29, 1.82) is 0 Å². The van der Waals surface area contributed by atoms with Crippen molar-refractivity contribution < 1.29 is 4.79 Å². The maximum absolute atomic E-state index is 12.3. The van der Waals surface area contributed by atoms with Gasteiger partial charge in [0.15, 0.2) is 5.16 Å². The lowest BCUT2D eigenvalue weighted by Gasteiger charge is -2.24. The fourth-order valence-corrected chi connectivity index (χ4v) is 3.60. The van der Waals surface area contributed by atoms with Gasteiger partial charge in [-0.25, -0.2) is 15.1 Å². The summed E-state index contributed by atoms with van der Waals surface area (Å²) >= 11 is 1.52. The van der Waals surface area contributed by atoms with Gasteiger partial charge in [0, 0.05) is 30.9 Å². The van der Waals surface area contributed by atoms with E-state index < -0.39 is 0 Å². The first-order valence-corrected chi connectivity index (χ1v) is 10.1. The van der Waals surface area contributed by atoms with E-state index in [0.717, 1.165) is 48.0 Å². The van der Waals surface area contributed by atoms with Gasteiger partial charge < -0.3 is 4.90 Å². The van der Waals surface area contributed by atoms with E-state index in [-0.39, 0.29) is 5.91 Å². The molecule has 1 fully saturated rings. The lowest BCUT2D eigenvalue weighted by Crippen LogP contribution is -2.30. The van der Waals surface area contributed by atoms with E-state index in [1.54, 1.807) is 0 Å². The van der Waals surface area contributed by atoms with Crippen molar-refractivity contribution in [1.82, 2.24) is 25.1 Å². The number of hydrogen-bond donors (Lipinski definition) is 2. The van der Waals surface area contributed by atoms with Gasteiger partial charge >= 0.3 is 0 Å². The summed E-state index contributed by atoms with van der Waals surface area (Å²) in [5, 5.41) is 10.6. The fourth-order valence-electron chi connectivity index (χ4n) is 3.14. The van der Waals surface area contributed by atoms with Crippen LogP contribution in [-0.4, -0.2) is 50.4 Å². The Labute approximate surface area is 157 Å². The molecule has 0 bridgehead atoms. The summed E-state index contributed by atoms with van der Waals surface area (Å²) in [5.41, 5.74) is 2.90. The summed E-state index contributed by atoms with van der Waals surface area (Å²) in [4.78, 5) is 27.7. The van der Waals surface area contributed by atoms with Crippen molar-refractivity contribution in [3.05, 3.63) is 17.0 Å². The van der Waals surface area contributed by atoms with E-state index >= 15 is 0 Å². The van der Waals surface area contributed by atoms with Gasteiger partial charge in [0.05, 0.1) is 0 Å². The Kier molecular flexibility index (Phi) is 6.08. The SMILES string of the molecule is CSc1nc(C)c(CCC(=O)Nc2nc(N3CCCCC3)n[nH]2)c(C)n1. The number of piperidine rings is 1. The number of hydrogen-bond acceptors (Lipinski definition) is 7. The highest BCUT2D eigenvalue weighted by Crippen LogP contribution is 2.18. The second-order valence-corrected chi connectivity index (χ2v) is 7.21. The quantitative estimate of drug-likeness (QED) is 0.591. The Balaban J connectivity index is 1.55. The van der Waals surface area contributed by atoms with Crippen LogP contribution in [-0.2, 0) is 11.2 Å². The molecule has 3 heterocycles. The van der Waals surface area contributed by atoms with Crippen LogP contribution in [0.15, 0.2) is 5.16 Å². The Hall–Kier alpha value is -2.16. The van der Waals surface area contributed by atoms with Crippen LogP contribution in [0.4, 0.5) is 11.9 Å². The standard InChI is InChI=1S/C17H25N7OS/c1-11-13(12(2)19-17(18-11)26-3)7-8-14(25)20-15-21-16(23-22-15)24-9-5-4-6-10-24/h4-10H2,1-3H3,(H2,20,21,22,23,25). The van der Waals surface area contributed by atoms with Crippen LogP contribution in [0.5, 0.6) is 0 Å². The summed E-state index contributed by atoms with van der Waals surface area (Å²) in [7, 11) is 0. The lowest BCUT2D eigenvalue weighted by atomic mass is 10.1. The molecular weight excluding hydrogens is 350 g/mol. The highest BCUT2D eigenvalue weighted by Gasteiger charge is 2.16. The first kappa shape index (κ1) is 18.6. The summed E-state index contributed by atoms with van der Waals surface area (Å²) in [6.45, 7) is 5.86. The van der Waals surface area contributed by atoms with Crippen molar-refractivity contribution in [2.24, 2.45) is 0 Å². The molecule has 26 heavy (non-hydrogen) atoms. The molecule has 0 atom stereocenters. The average Bonchev–Trinajstić information content (AvgIpc) is 3.10. The Morgan fingerprint density at radius 1 is 1.15 bits per heavy atom. The molecule has 0 spiro atoms. The molecule has 1 amide bonds. The van der Waals surface area contributed by atoms with E-state index in [9.17, 15) is 4.79 Å². The molecule has 0 aromatic carbocycles. The zero-order valence-corrected chi connectivity index (χ0v) is 16.3. The minimum atomic E-state index is -0.0981. The molecule has 3 rings (SSSR count). The molecule has 140 valence electrons. The Bertz CT molecular complexity index is 747. The van der Waals surface area contributed by atoms with Crippen LogP contribution in [0.1, 0.15) is 42.6 Å². The van der Waals surface area contributed by atoms with Crippen LogP contribution in [0, 0.1) is 13.8 Å². The predicted octanol–water partition coefficient (Wildman–Crippen LogP) is 2.50. The van der Waals surface area contributed by atoms with Gasteiger partial charge in [0.1, 0.15) is 0 Å². The second-order valence-electron chi connectivity index (χ2n) is 6.44. The van der Waals surface area contributed by atoms with Gasteiger partial charge in [0.2, 0.25) is 17.8 Å². The second kappa shape index (κ2) is 8.48. The summed E-state index contributed by atoms with van der Waals surface area (Å²) in [6, 6.07) is 0. The summed E-state index contributed by atoms with van der Waals surface area (Å²) in [6.07, 6.45) is 6.48. The van der Waals surface area contributed by atoms with Crippen molar-refractivity contribution in [3.63, 3.8) is 0 Å². The molecule has 2 aromatic rings. The van der Waals surface area contributed by atoms with Gasteiger partial charge in [0.25, 0.3) is 0 Å². The van der Waals surface area contributed by atoms with Gasteiger partial charge in [-0.3, -0.25) is 10.1 Å². The molecule has 0 aliphatic carbocycles. The molecule has 1 saturated heterocycles. The van der Waals surface area contributed by atoms with Crippen molar-refractivity contribution in [2.75, 3.05) is 29.6 Å². The molecule has 1 aliphatic heterocycles.